The van der Waals surface area contributed by atoms with Crippen molar-refractivity contribution < 1.29 is 17.6 Å². The van der Waals surface area contributed by atoms with E-state index >= 15 is 0 Å². The van der Waals surface area contributed by atoms with E-state index in [2.05, 4.69) is 15.0 Å². The molecule has 146 valence electrons. The van der Waals surface area contributed by atoms with E-state index < -0.39 is 32.7 Å². The lowest BCUT2D eigenvalue weighted by Crippen LogP contribution is -2.45. The summed E-state index contributed by atoms with van der Waals surface area (Å²) in [6.45, 7) is 1.79. The Bertz CT molecular complexity index is 1070. The molecule has 0 bridgehead atoms. The predicted molar refractivity (Wildman–Crippen MR) is 106 cm³/mol. The number of amides is 1. The second-order valence-corrected chi connectivity index (χ2v) is 8.62. The van der Waals surface area contributed by atoms with E-state index in [1.54, 1.807) is 36.6 Å². The van der Waals surface area contributed by atoms with Crippen LogP contribution in [0.4, 0.5) is 9.52 Å². The fourth-order valence-corrected chi connectivity index (χ4v) is 4.52. The number of halogens is 1. The summed E-state index contributed by atoms with van der Waals surface area (Å²) in [5, 5.41) is 4.76. The van der Waals surface area contributed by atoms with Crippen molar-refractivity contribution in [1.29, 1.82) is 0 Å². The van der Waals surface area contributed by atoms with Gasteiger partial charge in [-0.3, -0.25) is 4.79 Å². The minimum Gasteiger partial charge on any atom is -0.301 e. The fraction of sp³-hybridized carbons (Fsp3) is 0.158. The number of aromatic nitrogens is 1. The summed E-state index contributed by atoms with van der Waals surface area (Å²) in [4.78, 5) is 16.4. The monoisotopic (exact) mass is 419 g/mol. The molecule has 1 atom stereocenters. The smallest absolute Gasteiger partial charge is 0.244 e. The number of thiazole rings is 1. The molecule has 1 aromatic heterocycles. The minimum atomic E-state index is -4.25. The molecule has 1 amide bonds. The highest BCUT2D eigenvalue weighted by Gasteiger charge is 2.28. The van der Waals surface area contributed by atoms with Crippen LogP contribution in [0.3, 0.4) is 0 Å². The summed E-state index contributed by atoms with van der Waals surface area (Å²) in [5.41, 5.74) is 1.50. The maximum absolute atomic E-state index is 14.0. The number of nitrogens with one attached hydrogen (secondary N) is 2. The number of nitrogens with zero attached hydrogens (tertiary/aromatic N) is 1. The highest BCUT2D eigenvalue weighted by Crippen LogP contribution is 2.18. The number of sulfonamides is 1. The third kappa shape index (κ3) is 5.00. The summed E-state index contributed by atoms with van der Waals surface area (Å²) in [6, 6.07) is 12.8. The number of aryl methyl sites for hydroxylation is 1. The van der Waals surface area contributed by atoms with Gasteiger partial charge in [0.15, 0.2) is 5.13 Å². The second-order valence-electron chi connectivity index (χ2n) is 6.08. The number of hydrogen-bond donors (Lipinski definition) is 2. The number of hydrogen-bond acceptors (Lipinski definition) is 5. The Morgan fingerprint density at radius 1 is 1.14 bits per heavy atom. The lowest BCUT2D eigenvalue weighted by atomic mass is 10.1. The molecule has 0 saturated carbocycles. The van der Waals surface area contributed by atoms with Crippen LogP contribution in [-0.2, 0) is 21.2 Å². The summed E-state index contributed by atoms with van der Waals surface area (Å²) < 4.78 is 41.6. The fourth-order valence-electron chi connectivity index (χ4n) is 2.56. The Morgan fingerprint density at radius 2 is 1.82 bits per heavy atom. The molecular formula is C19H18FN3O3S2. The Hall–Kier alpha value is -2.62. The van der Waals surface area contributed by atoms with Crippen molar-refractivity contribution in [3.8, 4) is 0 Å². The van der Waals surface area contributed by atoms with Crippen molar-refractivity contribution in [3.05, 3.63) is 77.1 Å². The van der Waals surface area contributed by atoms with Gasteiger partial charge in [-0.25, -0.2) is 17.8 Å². The van der Waals surface area contributed by atoms with Crippen LogP contribution < -0.4 is 10.0 Å². The van der Waals surface area contributed by atoms with Crippen molar-refractivity contribution in [2.75, 3.05) is 5.32 Å². The van der Waals surface area contributed by atoms with Crippen LogP contribution in [-0.4, -0.2) is 25.4 Å². The zero-order chi connectivity index (χ0) is 20.1. The van der Waals surface area contributed by atoms with Crippen LogP contribution >= 0.6 is 11.3 Å². The van der Waals surface area contributed by atoms with Gasteiger partial charge in [0, 0.05) is 5.38 Å². The van der Waals surface area contributed by atoms with Crippen LogP contribution in [0.1, 0.15) is 11.3 Å². The zero-order valence-electron chi connectivity index (χ0n) is 14.9. The van der Waals surface area contributed by atoms with Gasteiger partial charge in [0.05, 0.1) is 5.69 Å². The van der Waals surface area contributed by atoms with E-state index in [-0.39, 0.29) is 6.42 Å². The molecular weight excluding hydrogens is 401 g/mol. The molecule has 0 radical (unpaired) electrons. The van der Waals surface area contributed by atoms with Crippen LogP contribution in [0.5, 0.6) is 0 Å². The average molecular weight is 420 g/mol. The van der Waals surface area contributed by atoms with E-state index in [9.17, 15) is 17.6 Å². The molecule has 9 heteroatoms. The summed E-state index contributed by atoms with van der Waals surface area (Å²) in [7, 11) is -4.25. The van der Waals surface area contributed by atoms with Gasteiger partial charge in [-0.05, 0) is 31.0 Å². The molecule has 0 aliphatic carbocycles. The minimum absolute atomic E-state index is 0.102. The summed E-state index contributed by atoms with van der Waals surface area (Å²) in [5.74, 6) is -1.46. The predicted octanol–water partition coefficient (Wildman–Crippen LogP) is 3.12. The van der Waals surface area contributed by atoms with Crippen LogP contribution in [0.15, 0.2) is 64.9 Å². The summed E-state index contributed by atoms with van der Waals surface area (Å²) in [6.07, 6.45) is 0.102. The number of benzene rings is 2. The molecule has 3 aromatic rings. The number of carbonyl (C=O) groups excluding carboxylic acids is 1. The van der Waals surface area contributed by atoms with Gasteiger partial charge < -0.3 is 5.32 Å². The Labute approximate surface area is 166 Å². The van der Waals surface area contributed by atoms with E-state index in [0.29, 0.717) is 5.13 Å². The Morgan fingerprint density at radius 3 is 2.46 bits per heavy atom. The van der Waals surface area contributed by atoms with Crippen molar-refractivity contribution >= 4 is 32.4 Å². The quantitative estimate of drug-likeness (QED) is 0.616. The standard InChI is InChI=1S/C19H18FN3O3S2/c1-13-12-27-19(21-13)22-18(24)16(11-14-7-3-2-4-8-14)23-28(25,26)17-10-6-5-9-15(17)20/h2-10,12,16,23H,11H2,1H3,(H,21,22,24)/t16-/m0/s1. The maximum Gasteiger partial charge on any atom is 0.244 e. The summed E-state index contributed by atoms with van der Waals surface area (Å²) >= 11 is 1.24. The third-order valence-corrected chi connectivity index (χ3v) is 6.25. The van der Waals surface area contributed by atoms with Crippen molar-refractivity contribution in [3.63, 3.8) is 0 Å². The maximum atomic E-state index is 14.0. The van der Waals surface area contributed by atoms with Crippen LogP contribution in [0.25, 0.3) is 0 Å². The van der Waals surface area contributed by atoms with Crippen LogP contribution in [0, 0.1) is 12.7 Å². The third-order valence-electron chi connectivity index (χ3n) is 3.87. The van der Waals surface area contributed by atoms with Gasteiger partial charge >= 0.3 is 0 Å². The topological polar surface area (TPSA) is 88.2 Å². The molecule has 0 aliphatic heterocycles. The van der Waals surface area contributed by atoms with Crippen molar-refractivity contribution in [2.24, 2.45) is 0 Å². The van der Waals surface area contributed by atoms with Gasteiger partial charge in [-0.1, -0.05) is 42.5 Å². The van der Waals surface area contributed by atoms with Gasteiger partial charge in [-0.2, -0.15) is 4.72 Å². The molecule has 0 fully saturated rings. The first-order chi connectivity index (χ1) is 13.3. The molecule has 0 saturated heterocycles. The van der Waals surface area contributed by atoms with E-state index in [1.165, 1.54) is 23.5 Å². The Kier molecular flexibility index (Phi) is 6.18. The molecule has 6 nitrogen and oxygen atoms in total. The van der Waals surface area contributed by atoms with Gasteiger partial charge in [0.1, 0.15) is 16.8 Å². The normalized spacial score (nSPS) is 12.5. The van der Waals surface area contributed by atoms with Crippen molar-refractivity contribution in [2.45, 2.75) is 24.3 Å². The number of rotatable bonds is 7. The first-order valence-corrected chi connectivity index (χ1v) is 10.8. The number of carbonyl (C=O) groups is 1. The molecule has 28 heavy (non-hydrogen) atoms. The highest BCUT2D eigenvalue weighted by atomic mass is 32.2. The lowest BCUT2D eigenvalue weighted by Gasteiger charge is -2.18. The Balaban J connectivity index is 1.87. The number of anilines is 1. The molecule has 0 unspecified atom stereocenters. The molecule has 0 spiro atoms. The SMILES string of the molecule is Cc1csc(NC(=O)[C@H](Cc2ccccc2)NS(=O)(=O)c2ccccc2F)n1. The lowest BCUT2D eigenvalue weighted by molar-refractivity contribution is -0.117. The van der Waals surface area contributed by atoms with Gasteiger partial charge in [0.25, 0.3) is 0 Å². The van der Waals surface area contributed by atoms with Gasteiger partial charge in [0.2, 0.25) is 15.9 Å². The molecule has 1 heterocycles. The van der Waals surface area contributed by atoms with Crippen molar-refractivity contribution in [1.82, 2.24) is 9.71 Å². The first kappa shape index (κ1) is 20.1. The molecule has 3 rings (SSSR count). The molecule has 0 aliphatic rings. The van der Waals surface area contributed by atoms with E-state index in [0.717, 1.165) is 23.4 Å². The molecule has 2 aromatic carbocycles. The van der Waals surface area contributed by atoms with Crippen LogP contribution in [0.2, 0.25) is 0 Å². The molecule has 2 N–H and O–H groups in total. The average Bonchev–Trinajstić information content (AvgIpc) is 3.07. The van der Waals surface area contributed by atoms with E-state index in [1.807, 2.05) is 6.07 Å². The highest BCUT2D eigenvalue weighted by molar-refractivity contribution is 7.89. The zero-order valence-corrected chi connectivity index (χ0v) is 16.6. The van der Waals surface area contributed by atoms with Gasteiger partial charge in [-0.15, -0.1) is 11.3 Å². The van der Waals surface area contributed by atoms with E-state index in [4.69, 9.17) is 0 Å². The largest absolute Gasteiger partial charge is 0.301 e. The first-order valence-electron chi connectivity index (χ1n) is 8.39. The second kappa shape index (κ2) is 8.59.